The van der Waals surface area contributed by atoms with Crippen LogP contribution in [0.1, 0.15) is 47.7 Å². The van der Waals surface area contributed by atoms with Gasteiger partial charge in [0.2, 0.25) is 0 Å². The van der Waals surface area contributed by atoms with Crippen molar-refractivity contribution in [2.24, 2.45) is 4.99 Å². The van der Waals surface area contributed by atoms with Crippen LogP contribution >= 0.6 is 35.3 Å². The molecule has 3 rings (SSSR count). The van der Waals surface area contributed by atoms with Crippen LogP contribution in [0, 0.1) is 13.8 Å². The Balaban J connectivity index is 0.00000261. The molecule has 2 aliphatic rings. The number of aliphatic imine (C=N–C) groups is 1. The highest BCUT2D eigenvalue weighted by molar-refractivity contribution is 14.0. The number of aryl methyl sites for hydroxylation is 2. The van der Waals surface area contributed by atoms with E-state index >= 15 is 0 Å². The average molecular weight is 507 g/mol. The lowest BCUT2D eigenvalue weighted by molar-refractivity contribution is -0.0352. The molecule has 2 N–H and O–H groups in total. The number of rotatable bonds is 5. The first kappa shape index (κ1) is 22.8. The molecule has 0 radical (unpaired) electrons. The lowest BCUT2D eigenvalue weighted by Gasteiger charge is -2.48. The van der Waals surface area contributed by atoms with E-state index in [1.54, 1.807) is 11.3 Å². The predicted molar refractivity (Wildman–Crippen MR) is 123 cm³/mol. The van der Waals surface area contributed by atoms with E-state index in [9.17, 15) is 0 Å². The second kappa shape index (κ2) is 10.9. The number of nitrogens with zero attached hydrogens (tertiary/aromatic N) is 3. The minimum Gasteiger partial charge on any atom is -0.379 e. The van der Waals surface area contributed by atoms with Crippen LogP contribution in [0.15, 0.2) is 4.99 Å². The van der Waals surface area contributed by atoms with Crippen LogP contribution in [0.4, 0.5) is 0 Å². The van der Waals surface area contributed by atoms with Gasteiger partial charge in [0, 0.05) is 37.1 Å². The molecule has 1 aromatic rings. The Morgan fingerprint density at radius 2 is 1.89 bits per heavy atom. The summed E-state index contributed by atoms with van der Waals surface area (Å²) < 4.78 is 5.58. The topological polar surface area (TPSA) is 61.8 Å². The summed E-state index contributed by atoms with van der Waals surface area (Å²) in [4.78, 5) is 12.9. The number of halogens is 1. The third-order valence-corrected chi connectivity index (χ3v) is 6.76. The number of hydrogen-bond donors (Lipinski definition) is 2. The number of nitrogens with one attached hydrogen (secondary N) is 2. The van der Waals surface area contributed by atoms with E-state index in [1.165, 1.54) is 37.0 Å². The molecule has 2 fully saturated rings. The maximum absolute atomic E-state index is 5.58. The van der Waals surface area contributed by atoms with E-state index in [4.69, 9.17) is 4.74 Å². The van der Waals surface area contributed by atoms with Gasteiger partial charge in [0.1, 0.15) is 0 Å². The lowest BCUT2D eigenvalue weighted by atomic mass is 9.80. The Hall–Kier alpha value is -0.450. The maximum atomic E-state index is 5.58. The summed E-state index contributed by atoms with van der Waals surface area (Å²) in [6.07, 6.45) is 6.55. The van der Waals surface area contributed by atoms with Crippen molar-refractivity contribution in [1.82, 2.24) is 20.5 Å². The Bertz CT molecular complexity index is 609. The van der Waals surface area contributed by atoms with Gasteiger partial charge in [0.05, 0.1) is 30.5 Å². The molecule has 0 spiro atoms. The fourth-order valence-electron chi connectivity index (χ4n) is 4.22. The Kier molecular flexibility index (Phi) is 9.24. The van der Waals surface area contributed by atoms with Crippen LogP contribution in [0.5, 0.6) is 0 Å². The zero-order valence-corrected chi connectivity index (χ0v) is 20.0. The summed E-state index contributed by atoms with van der Waals surface area (Å²) >= 11 is 1.76. The van der Waals surface area contributed by atoms with Crippen molar-refractivity contribution in [1.29, 1.82) is 0 Å². The van der Waals surface area contributed by atoms with E-state index in [2.05, 4.69) is 39.4 Å². The lowest BCUT2D eigenvalue weighted by Crippen LogP contribution is -2.60. The summed E-state index contributed by atoms with van der Waals surface area (Å²) in [6, 6.07) is 0. The van der Waals surface area contributed by atoms with Crippen LogP contribution in [0.3, 0.4) is 0 Å². The number of morpholine rings is 1. The molecular formula is C19H34IN5OS. The fourth-order valence-corrected chi connectivity index (χ4v) is 5.10. The summed E-state index contributed by atoms with van der Waals surface area (Å²) in [5.41, 5.74) is 1.36. The second-order valence-electron chi connectivity index (χ2n) is 7.41. The molecule has 1 saturated heterocycles. The number of aromatic nitrogens is 1. The van der Waals surface area contributed by atoms with E-state index in [-0.39, 0.29) is 29.5 Å². The molecule has 8 heteroatoms. The minimum absolute atomic E-state index is 0. The first-order valence-electron chi connectivity index (χ1n) is 9.83. The normalized spacial score (nSPS) is 20.8. The van der Waals surface area contributed by atoms with Crippen LogP contribution < -0.4 is 10.6 Å². The maximum Gasteiger partial charge on any atom is 0.191 e. The van der Waals surface area contributed by atoms with E-state index in [1.807, 2.05) is 7.05 Å². The Morgan fingerprint density at radius 1 is 1.19 bits per heavy atom. The van der Waals surface area contributed by atoms with E-state index in [0.717, 1.165) is 56.1 Å². The summed E-state index contributed by atoms with van der Waals surface area (Å²) in [5.74, 6) is 0.883. The third-order valence-electron chi connectivity index (χ3n) is 5.69. The monoisotopic (exact) mass is 507 g/mol. The van der Waals surface area contributed by atoms with Gasteiger partial charge in [-0.15, -0.1) is 35.3 Å². The Labute approximate surface area is 184 Å². The third kappa shape index (κ3) is 6.01. The van der Waals surface area contributed by atoms with Crippen LogP contribution in [-0.2, 0) is 11.3 Å². The van der Waals surface area contributed by atoms with Crippen molar-refractivity contribution in [2.45, 2.75) is 58.0 Å². The first-order valence-corrected chi connectivity index (χ1v) is 10.6. The molecule has 1 aromatic heterocycles. The van der Waals surface area contributed by atoms with Crippen LogP contribution in [0.2, 0.25) is 0 Å². The highest BCUT2D eigenvalue weighted by Crippen LogP contribution is 2.33. The SMILES string of the molecule is CN=C(NCc1sc(C)nc1C)NCC1(N2CCOCC2)CCCCC1.I. The molecule has 0 atom stereocenters. The number of guanidine groups is 1. The van der Waals surface area contributed by atoms with Crippen LogP contribution in [0.25, 0.3) is 0 Å². The largest absolute Gasteiger partial charge is 0.379 e. The van der Waals surface area contributed by atoms with E-state index < -0.39 is 0 Å². The van der Waals surface area contributed by atoms with Gasteiger partial charge in [-0.25, -0.2) is 4.98 Å². The van der Waals surface area contributed by atoms with Gasteiger partial charge >= 0.3 is 0 Å². The van der Waals surface area contributed by atoms with Gasteiger partial charge in [-0.1, -0.05) is 19.3 Å². The molecule has 0 aromatic carbocycles. The molecule has 6 nitrogen and oxygen atoms in total. The molecule has 0 bridgehead atoms. The molecule has 1 aliphatic heterocycles. The zero-order valence-electron chi connectivity index (χ0n) is 16.8. The van der Waals surface area contributed by atoms with Crippen molar-refractivity contribution in [3.05, 3.63) is 15.6 Å². The van der Waals surface area contributed by atoms with E-state index in [0.29, 0.717) is 0 Å². The zero-order chi connectivity index (χ0) is 18.4. The number of thiazole rings is 1. The molecule has 1 aliphatic carbocycles. The van der Waals surface area contributed by atoms with Gasteiger partial charge in [-0.05, 0) is 26.7 Å². The van der Waals surface area contributed by atoms with Crippen molar-refractivity contribution in [2.75, 3.05) is 39.9 Å². The summed E-state index contributed by atoms with van der Waals surface area (Å²) in [6.45, 7) is 9.68. The predicted octanol–water partition coefficient (Wildman–Crippen LogP) is 3.08. The van der Waals surface area contributed by atoms with Gasteiger partial charge in [0.15, 0.2) is 5.96 Å². The molecule has 154 valence electrons. The highest BCUT2D eigenvalue weighted by Gasteiger charge is 2.38. The van der Waals surface area contributed by atoms with Gasteiger partial charge in [-0.3, -0.25) is 9.89 Å². The average Bonchev–Trinajstić information content (AvgIpc) is 3.00. The molecule has 2 heterocycles. The summed E-state index contributed by atoms with van der Waals surface area (Å²) in [7, 11) is 1.85. The summed E-state index contributed by atoms with van der Waals surface area (Å²) in [5, 5.41) is 8.20. The first-order chi connectivity index (χ1) is 12.6. The number of hydrogen-bond acceptors (Lipinski definition) is 5. The fraction of sp³-hybridized carbons (Fsp3) is 0.789. The molecular weight excluding hydrogens is 473 g/mol. The van der Waals surface area contributed by atoms with Crippen molar-refractivity contribution < 1.29 is 4.74 Å². The van der Waals surface area contributed by atoms with Gasteiger partial charge in [0.25, 0.3) is 0 Å². The minimum atomic E-state index is 0. The molecule has 27 heavy (non-hydrogen) atoms. The quantitative estimate of drug-likeness (QED) is 0.365. The molecule has 0 unspecified atom stereocenters. The standard InChI is InChI=1S/C19H33N5OS.HI/c1-15-17(26-16(2)23-15)13-21-18(20-3)22-14-19(7-5-4-6-8-19)24-9-11-25-12-10-24;/h4-14H2,1-3H3,(H2,20,21,22);1H. The number of ether oxygens (including phenoxy) is 1. The van der Waals surface area contributed by atoms with Gasteiger partial charge < -0.3 is 15.4 Å². The van der Waals surface area contributed by atoms with Gasteiger partial charge in [-0.2, -0.15) is 0 Å². The molecule has 1 saturated carbocycles. The smallest absolute Gasteiger partial charge is 0.191 e. The van der Waals surface area contributed by atoms with Crippen molar-refractivity contribution >= 4 is 41.3 Å². The Morgan fingerprint density at radius 3 is 2.48 bits per heavy atom. The highest BCUT2D eigenvalue weighted by atomic mass is 127. The second-order valence-corrected chi connectivity index (χ2v) is 8.69. The molecule has 0 amide bonds. The van der Waals surface area contributed by atoms with Crippen molar-refractivity contribution in [3.8, 4) is 0 Å². The van der Waals surface area contributed by atoms with Crippen molar-refractivity contribution in [3.63, 3.8) is 0 Å². The van der Waals surface area contributed by atoms with Crippen LogP contribution in [-0.4, -0.2) is 61.3 Å².